The summed E-state index contributed by atoms with van der Waals surface area (Å²) < 4.78 is 6.09. The molecule has 0 aliphatic carbocycles. The number of ether oxygens (including phenoxy) is 1. The van der Waals surface area contributed by atoms with Crippen LogP contribution >= 0.6 is 0 Å². The van der Waals surface area contributed by atoms with Gasteiger partial charge in [-0.25, -0.2) is 4.79 Å². The van der Waals surface area contributed by atoms with E-state index in [2.05, 4.69) is 0 Å². The Hall–Kier alpha value is -1.62. The molecule has 1 aromatic rings. The van der Waals surface area contributed by atoms with E-state index < -0.39 is 11.5 Å². The highest BCUT2D eigenvalue weighted by Crippen LogP contribution is 2.18. The molecule has 1 N–H and O–H groups in total. The van der Waals surface area contributed by atoms with E-state index in [9.17, 15) is 14.7 Å². The van der Waals surface area contributed by atoms with E-state index in [0.29, 0.717) is 0 Å². The number of carbonyl (C=O) groups is 1. The zero-order valence-electron chi connectivity index (χ0n) is 9.34. The number of rotatable bonds is 5. The predicted molar refractivity (Wildman–Crippen MR) is 58.5 cm³/mol. The number of hydrogen-bond donors (Lipinski definition) is 1. The molecule has 1 atom stereocenters. The normalized spacial score (nSPS) is 14.4. The topological polar surface area (TPSA) is 68.5 Å². The molecule has 0 bridgehead atoms. The molecule has 1 aromatic heterocycles. The third kappa shape index (κ3) is 2.30. The third-order valence-electron chi connectivity index (χ3n) is 2.61. The zero-order chi connectivity index (χ0) is 12.2. The Morgan fingerprint density at radius 2 is 2.25 bits per heavy atom. The highest BCUT2D eigenvalue weighted by atomic mass is 16.5. The Morgan fingerprint density at radius 3 is 2.75 bits per heavy atom. The molecule has 5 nitrogen and oxygen atoms in total. The number of aliphatic carboxylic acids is 1. The average Bonchev–Trinajstić information content (AvgIpc) is 2.26. The molecule has 5 heteroatoms. The van der Waals surface area contributed by atoms with E-state index in [1.165, 1.54) is 30.9 Å². The van der Waals surface area contributed by atoms with Crippen LogP contribution in [0.1, 0.15) is 13.3 Å². The van der Waals surface area contributed by atoms with Crippen molar-refractivity contribution in [3.8, 4) is 0 Å². The molecule has 0 aliphatic rings. The lowest BCUT2D eigenvalue weighted by atomic mass is 9.98. The second-order valence-corrected chi connectivity index (χ2v) is 3.73. The van der Waals surface area contributed by atoms with Gasteiger partial charge < -0.3 is 9.84 Å². The SMILES string of the molecule is COCCC(C)(C(=O)O)n1ccccc1=O. The lowest BCUT2D eigenvalue weighted by Gasteiger charge is -2.26. The number of carboxylic acids is 1. The summed E-state index contributed by atoms with van der Waals surface area (Å²) in [7, 11) is 1.50. The van der Waals surface area contributed by atoms with Gasteiger partial charge in [0.15, 0.2) is 0 Å². The van der Waals surface area contributed by atoms with Crippen molar-refractivity contribution >= 4 is 5.97 Å². The van der Waals surface area contributed by atoms with Gasteiger partial charge in [0, 0.05) is 32.4 Å². The van der Waals surface area contributed by atoms with Crippen LogP contribution < -0.4 is 5.56 Å². The van der Waals surface area contributed by atoms with Crippen LogP contribution in [0.5, 0.6) is 0 Å². The Bertz CT molecular complexity index is 426. The minimum atomic E-state index is -1.27. The first-order valence-corrected chi connectivity index (χ1v) is 4.93. The maximum atomic E-state index is 11.6. The quantitative estimate of drug-likeness (QED) is 0.800. The standard InChI is InChI=1S/C11H15NO4/c1-11(10(14)15,6-8-16-2)12-7-4-3-5-9(12)13/h3-5,7H,6,8H2,1-2H3,(H,14,15). The highest BCUT2D eigenvalue weighted by molar-refractivity contribution is 5.76. The summed E-state index contributed by atoms with van der Waals surface area (Å²) in [6.07, 6.45) is 1.72. The molecule has 0 saturated heterocycles. The van der Waals surface area contributed by atoms with Gasteiger partial charge in [0.2, 0.25) is 0 Å². The van der Waals surface area contributed by atoms with Gasteiger partial charge >= 0.3 is 5.97 Å². The summed E-state index contributed by atoms with van der Waals surface area (Å²) in [5, 5.41) is 9.22. The Balaban J connectivity index is 3.17. The summed E-state index contributed by atoms with van der Waals surface area (Å²) in [5.41, 5.74) is -1.60. The maximum absolute atomic E-state index is 11.6. The number of aromatic nitrogens is 1. The van der Waals surface area contributed by atoms with Gasteiger partial charge in [0.25, 0.3) is 5.56 Å². The van der Waals surface area contributed by atoms with Gasteiger partial charge in [-0.05, 0) is 13.0 Å². The summed E-state index contributed by atoms with van der Waals surface area (Å²) in [5.74, 6) is -1.04. The second-order valence-electron chi connectivity index (χ2n) is 3.73. The molecular weight excluding hydrogens is 210 g/mol. The number of nitrogens with zero attached hydrogens (tertiary/aromatic N) is 1. The Labute approximate surface area is 93.3 Å². The average molecular weight is 225 g/mol. The Kier molecular flexibility index (Phi) is 3.84. The van der Waals surface area contributed by atoms with Crippen molar-refractivity contribution in [2.45, 2.75) is 18.9 Å². The summed E-state index contributed by atoms with van der Waals surface area (Å²) in [6, 6.07) is 4.56. The molecule has 88 valence electrons. The van der Waals surface area contributed by atoms with Crippen LogP contribution in [0.2, 0.25) is 0 Å². The molecule has 16 heavy (non-hydrogen) atoms. The van der Waals surface area contributed by atoms with Crippen molar-refractivity contribution < 1.29 is 14.6 Å². The second kappa shape index (κ2) is 4.94. The van der Waals surface area contributed by atoms with E-state index in [-0.39, 0.29) is 18.6 Å². The molecule has 0 fully saturated rings. The first-order valence-electron chi connectivity index (χ1n) is 4.93. The molecule has 0 saturated carbocycles. The summed E-state index contributed by atoms with van der Waals surface area (Å²) >= 11 is 0. The first kappa shape index (κ1) is 12.4. The van der Waals surface area contributed by atoms with Gasteiger partial charge in [-0.2, -0.15) is 0 Å². The van der Waals surface area contributed by atoms with Crippen molar-refractivity contribution in [2.75, 3.05) is 13.7 Å². The van der Waals surface area contributed by atoms with Crippen LogP contribution in [0.25, 0.3) is 0 Å². The molecule has 0 spiro atoms. The summed E-state index contributed by atoms with van der Waals surface area (Å²) in [4.78, 5) is 22.9. The minimum Gasteiger partial charge on any atom is -0.479 e. The lowest BCUT2D eigenvalue weighted by molar-refractivity contribution is -0.147. The van der Waals surface area contributed by atoms with E-state index in [4.69, 9.17) is 4.74 Å². The number of carboxylic acid groups (broad SMARTS) is 1. The van der Waals surface area contributed by atoms with Crippen LogP contribution in [0.3, 0.4) is 0 Å². The van der Waals surface area contributed by atoms with E-state index >= 15 is 0 Å². The van der Waals surface area contributed by atoms with Crippen molar-refractivity contribution in [1.29, 1.82) is 0 Å². The largest absolute Gasteiger partial charge is 0.479 e. The van der Waals surface area contributed by atoms with Crippen molar-refractivity contribution in [1.82, 2.24) is 4.57 Å². The fraction of sp³-hybridized carbons (Fsp3) is 0.455. The van der Waals surface area contributed by atoms with Gasteiger partial charge in [0.05, 0.1) is 0 Å². The number of methoxy groups -OCH3 is 1. The zero-order valence-corrected chi connectivity index (χ0v) is 9.34. The first-order chi connectivity index (χ1) is 7.52. The van der Waals surface area contributed by atoms with Gasteiger partial charge in [-0.3, -0.25) is 9.36 Å². The highest BCUT2D eigenvalue weighted by Gasteiger charge is 2.35. The monoisotopic (exact) mass is 225 g/mol. The molecule has 0 amide bonds. The lowest BCUT2D eigenvalue weighted by Crippen LogP contribution is -2.45. The van der Waals surface area contributed by atoms with E-state index in [1.807, 2.05) is 0 Å². The summed E-state index contributed by atoms with van der Waals surface area (Å²) in [6.45, 7) is 1.79. The van der Waals surface area contributed by atoms with Crippen LogP contribution in [0, 0.1) is 0 Å². The predicted octanol–water partition coefficient (Wildman–Crippen LogP) is 0.685. The van der Waals surface area contributed by atoms with Crippen molar-refractivity contribution in [3.63, 3.8) is 0 Å². The van der Waals surface area contributed by atoms with Crippen LogP contribution in [-0.2, 0) is 15.1 Å². The van der Waals surface area contributed by atoms with Gasteiger partial charge in [0.1, 0.15) is 5.54 Å². The van der Waals surface area contributed by atoms with Gasteiger partial charge in [-0.15, -0.1) is 0 Å². The maximum Gasteiger partial charge on any atom is 0.329 e. The smallest absolute Gasteiger partial charge is 0.329 e. The molecule has 0 radical (unpaired) electrons. The molecule has 1 unspecified atom stereocenters. The fourth-order valence-corrected chi connectivity index (χ4v) is 1.47. The van der Waals surface area contributed by atoms with Gasteiger partial charge in [-0.1, -0.05) is 6.07 Å². The van der Waals surface area contributed by atoms with Crippen molar-refractivity contribution in [2.24, 2.45) is 0 Å². The molecule has 1 heterocycles. The van der Waals surface area contributed by atoms with Crippen molar-refractivity contribution in [3.05, 3.63) is 34.7 Å². The third-order valence-corrected chi connectivity index (χ3v) is 2.61. The van der Waals surface area contributed by atoms with E-state index in [1.54, 1.807) is 12.1 Å². The minimum absolute atomic E-state index is 0.239. The Morgan fingerprint density at radius 1 is 1.56 bits per heavy atom. The van der Waals surface area contributed by atoms with Crippen LogP contribution in [0.4, 0.5) is 0 Å². The molecule has 1 rings (SSSR count). The van der Waals surface area contributed by atoms with Crippen LogP contribution in [-0.4, -0.2) is 29.4 Å². The molecule has 0 aromatic carbocycles. The number of pyridine rings is 1. The van der Waals surface area contributed by atoms with Crippen LogP contribution in [0.15, 0.2) is 29.2 Å². The molecular formula is C11H15NO4. The number of hydrogen-bond acceptors (Lipinski definition) is 3. The fourth-order valence-electron chi connectivity index (χ4n) is 1.47. The molecule has 0 aliphatic heterocycles. The van der Waals surface area contributed by atoms with E-state index in [0.717, 1.165) is 0 Å².